The summed E-state index contributed by atoms with van der Waals surface area (Å²) in [4.78, 5) is 14.0. The van der Waals surface area contributed by atoms with Gasteiger partial charge in [-0.15, -0.1) is 0 Å². The van der Waals surface area contributed by atoms with Crippen molar-refractivity contribution in [1.82, 2.24) is 10.2 Å². The Morgan fingerprint density at radius 3 is 2.83 bits per heavy atom. The first kappa shape index (κ1) is 13.2. The van der Waals surface area contributed by atoms with Gasteiger partial charge >= 0.3 is 6.03 Å². The third-order valence-electron chi connectivity index (χ3n) is 3.17. The zero-order valence-electron chi connectivity index (χ0n) is 10.4. The van der Waals surface area contributed by atoms with Crippen LogP contribution in [-0.4, -0.2) is 37.1 Å². The maximum Gasteiger partial charge on any atom is 0.322 e. The first-order valence-corrected chi connectivity index (χ1v) is 6.56. The van der Waals surface area contributed by atoms with Crippen LogP contribution < -0.4 is 10.6 Å². The molecule has 0 saturated carbocycles. The molecule has 2 amide bonds. The average Bonchev–Trinajstić information content (AvgIpc) is 2.81. The molecule has 2 rings (SSSR count). The lowest BCUT2D eigenvalue weighted by Gasteiger charge is -2.24. The fourth-order valence-electron chi connectivity index (χ4n) is 2.28. The minimum absolute atomic E-state index is 0.0323. The van der Waals surface area contributed by atoms with Crippen LogP contribution in [0.25, 0.3) is 0 Å². The SMILES string of the molecule is CNCC1CCCN1C(=O)Nc1ccc(Cl)cc1. The summed E-state index contributed by atoms with van der Waals surface area (Å²) < 4.78 is 0. The van der Waals surface area contributed by atoms with Gasteiger partial charge in [-0.2, -0.15) is 0 Å². The van der Waals surface area contributed by atoms with Crippen molar-refractivity contribution in [2.24, 2.45) is 0 Å². The summed E-state index contributed by atoms with van der Waals surface area (Å²) in [6.07, 6.45) is 2.13. The molecular weight excluding hydrogens is 250 g/mol. The summed E-state index contributed by atoms with van der Waals surface area (Å²) in [6.45, 7) is 1.67. The predicted octanol–water partition coefficient (Wildman–Crippen LogP) is 2.56. The molecule has 1 aliphatic rings. The van der Waals surface area contributed by atoms with Gasteiger partial charge in [0.05, 0.1) is 0 Å². The molecule has 1 heterocycles. The summed E-state index contributed by atoms with van der Waals surface area (Å²) in [5, 5.41) is 6.70. The van der Waals surface area contributed by atoms with E-state index in [1.807, 2.05) is 24.1 Å². The van der Waals surface area contributed by atoms with Crippen LogP contribution in [0.5, 0.6) is 0 Å². The monoisotopic (exact) mass is 267 g/mol. The van der Waals surface area contributed by atoms with Crippen LogP contribution in [0.15, 0.2) is 24.3 Å². The Morgan fingerprint density at radius 2 is 2.17 bits per heavy atom. The molecular formula is C13H18ClN3O. The van der Waals surface area contributed by atoms with Crippen molar-refractivity contribution >= 4 is 23.3 Å². The minimum atomic E-state index is -0.0323. The fourth-order valence-corrected chi connectivity index (χ4v) is 2.41. The predicted molar refractivity (Wildman–Crippen MR) is 74.1 cm³/mol. The van der Waals surface area contributed by atoms with Crippen LogP contribution in [0.2, 0.25) is 5.02 Å². The highest BCUT2D eigenvalue weighted by Gasteiger charge is 2.27. The van der Waals surface area contributed by atoms with Crippen LogP contribution in [0.4, 0.5) is 10.5 Å². The standard InChI is InChI=1S/C13H18ClN3O/c1-15-9-12-3-2-8-17(12)13(18)16-11-6-4-10(14)5-7-11/h4-7,12,15H,2-3,8-9H2,1H3,(H,16,18). The van der Waals surface area contributed by atoms with E-state index in [0.717, 1.165) is 31.6 Å². The van der Waals surface area contributed by atoms with Crippen molar-refractivity contribution in [3.05, 3.63) is 29.3 Å². The molecule has 4 nitrogen and oxygen atoms in total. The second-order valence-corrected chi connectivity index (χ2v) is 4.92. The number of nitrogens with one attached hydrogen (secondary N) is 2. The Balaban J connectivity index is 1.96. The Morgan fingerprint density at radius 1 is 1.44 bits per heavy atom. The summed E-state index contributed by atoms with van der Waals surface area (Å²) >= 11 is 5.81. The van der Waals surface area contributed by atoms with Crippen molar-refractivity contribution in [3.63, 3.8) is 0 Å². The lowest BCUT2D eigenvalue weighted by atomic mass is 10.2. The Hall–Kier alpha value is -1.26. The van der Waals surface area contributed by atoms with Crippen LogP contribution in [-0.2, 0) is 0 Å². The van der Waals surface area contributed by atoms with E-state index in [9.17, 15) is 4.79 Å². The third kappa shape index (κ3) is 3.15. The Kier molecular flexibility index (Phi) is 4.44. The number of carbonyl (C=O) groups is 1. The van der Waals surface area contributed by atoms with E-state index in [2.05, 4.69) is 10.6 Å². The molecule has 1 fully saturated rings. The lowest BCUT2D eigenvalue weighted by Crippen LogP contribution is -2.43. The minimum Gasteiger partial charge on any atom is -0.320 e. The highest BCUT2D eigenvalue weighted by Crippen LogP contribution is 2.19. The molecule has 0 spiro atoms. The van der Waals surface area contributed by atoms with Gasteiger partial charge in [0, 0.05) is 29.8 Å². The highest BCUT2D eigenvalue weighted by molar-refractivity contribution is 6.30. The molecule has 1 aromatic carbocycles. The van der Waals surface area contributed by atoms with E-state index in [4.69, 9.17) is 11.6 Å². The molecule has 1 atom stereocenters. The van der Waals surface area contributed by atoms with E-state index < -0.39 is 0 Å². The van der Waals surface area contributed by atoms with Crippen LogP contribution in [0.3, 0.4) is 0 Å². The van der Waals surface area contributed by atoms with Gasteiger partial charge in [0.2, 0.25) is 0 Å². The number of amides is 2. The molecule has 0 aliphatic carbocycles. The first-order valence-electron chi connectivity index (χ1n) is 6.18. The van der Waals surface area contributed by atoms with Gasteiger partial charge in [0.25, 0.3) is 0 Å². The van der Waals surface area contributed by atoms with Crippen molar-refractivity contribution in [2.45, 2.75) is 18.9 Å². The van der Waals surface area contributed by atoms with E-state index in [1.165, 1.54) is 0 Å². The van der Waals surface area contributed by atoms with E-state index >= 15 is 0 Å². The van der Waals surface area contributed by atoms with Crippen LogP contribution in [0.1, 0.15) is 12.8 Å². The summed E-state index contributed by atoms with van der Waals surface area (Å²) in [6, 6.07) is 7.42. The van der Waals surface area contributed by atoms with Gasteiger partial charge in [-0.25, -0.2) is 4.79 Å². The van der Waals surface area contributed by atoms with Gasteiger partial charge in [-0.1, -0.05) is 11.6 Å². The molecule has 5 heteroatoms. The number of anilines is 1. The molecule has 2 N–H and O–H groups in total. The number of halogens is 1. The van der Waals surface area contributed by atoms with Gasteiger partial charge in [-0.3, -0.25) is 0 Å². The number of hydrogen-bond acceptors (Lipinski definition) is 2. The van der Waals surface area contributed by atoms with Crippen molar-refractivity contribution in [3.8, 4) is 0 Å². The molecule has 18 heavy (non-hydrogen) atoms. The number of likely N-dealkylation sites (tertiary alicyclic amines) is 1. The maximum atomic E-state index is 12.1. The first-order chi connectivity index (χ1) is 8.70. The second kappa shape index (κ2) is 6.07. The van der Waals surface area contributed by atoms with E-state index in [1.54, 1.807) is 12.1 Å². The number of benzene rings is 1. The highest BCUT2D eigenvalue weighted by atomic mass is 35.5. The number of likely N-dealkylation sites (N-methyl/N-ethyl adjacent to an activating group) is 1. The van der Waals surface area contributed by atoms with Gasteiger partial charge in [0.1, 0.15) is 0 Å². The number of carbonyl (C=O) groups excluding carboxylic acids is 1. The van der Waals surface area contributed by atoms with Crippen molar-refractivity contribution < 1.29 is 4.79 Å². The third-order valence-corrected chi connectivity index (χ3v) is 3.43. The van der Waals surface area contributed by atoms with E-state index in [-0.39, 0.29) is 6.03 Å². The zero-order valence-corrected chi connectivity index (χ0v) is 11.2. The molecule has 0 bridgehead atoms. The molecule has 1 aliphatic heterocycles. The quantitative estimate of drug-likeness (QED) is 0.884. The van der Waals surface area contributed by atoms with Gasteiger partial charge < -0.3 is 15.5 Å². The molecule has 1 saturated heterocycles. The smallest absolute Gasteiger partial charge is 0.320 e. The molecule has 1 unspecified atom stereocenters. The normalized spacial score (nSPS) is 19.0. The van der Waals surface area contributed by atoms with Gasteiger partial charge in [0.15, 0.2) is 0 Å². The van der Waals surface area contributed by atoms with Crippen molar-refractivity contribution in [2.75, 3.05) is 25.5 Å². The number of hydrogen-bond donors (Lipinski definition) is 2. The fraction of sp³-hybridized carbons (Fsp3) is 0.462. The molecule has 98 valence electrons. The molecule has 0 radical (unpaired) electrons. The summed E-state index contributed by atoms with van der Waals surface area (Å²) in [7, 11) is 1.91. The summed E-state index contributed by atoms with van der Waals surface area (Å²) in [5.74, 6) is 0. The summed E-state index contributed by atoms with van der Waals surface area (Å²) in [5.41, 5.74) is 0.777. The van der Waals surface area contributed by atoms with E-state index in [0.29, 0.717) is 11.1 Å². The maximum absolute atomic E-state index is 12.1. The lowest BCUT2D eigenvalue weighted by molar-refractivity contribution is 0.206. The zero-order chi connectivity index (χ0) is 13.0. The molecule has 0 aromatic heterocycles. The number of rotatable bonds is 3. The topological polar surface area (TPSA) is 44.4 Å². The Bertz CT molecular complexity index is 407. The van der Waals surface area contributed by atoms with Crippen LogP contribution >= 0.6 is 11.6 Å². The Labute approximate surface area is 112 Å². The average molecular weight is 268 g/mol. The van der Waals surface area contributed by atoms with Crippen molar-refractivity contribution in [1.29, 1.82) is 0 Å². The van der Waals surface area contributed by atoms with Crippen LogP contribution in [0, 0.1) is 0 Å². The number of nitrogens with zero attached hydrogens (tertiary/aromatic N) is 1. The second-order valence-electron chi connectivity index (χ2n) is 4.48. The number of urea groups is 1. The van der Waals surface area contributed by atoms with Gasteiger partial charge in [-0.05, 0) is 44.2 Å². The largest absolute Gasteiger partial charge is 0.322 e. The molecule has 1 aromatic rings.